The second-order valence-corrected chi connectivity index (χ2v) is 6.75. The maximum absolute atomic E-state index is 12.0. The molecule has 1 aromatic carbocycles. The van der Waals surface area contributed by atoms with Crippen molar-refractivity contribution in [3.05, 3.63) is 35.9 Å². The number of nitrogens with one attached hydrogen (secondary N) is 1. The number of hydrogen-bond acceptors (Lipinski definition) is 4. The SMILES string of the molecule is CC(C)[C@@H](C(=O)O)N(Cc1ccccc1)NC(=O)OC(C)(C)C. The minimum atomic E-state index is -0.994. The van der Waals surface area contributed by atoms with Gasteiger partial charge in [0.1, 0.15) is 11.6 Å². The van der Waals surface area contributed by atoms with E-state index in [0.717, 1.165) is 5.56 Å². The van der Waals surface area contributed by atoms with Gasteiger partial charge in [-0.05, 0) is 32.3 Å². The molecule has 1 aromatic rings. The molecule has 0 unspecified atom stereocenters. The molecule has 1 rings (SSSR count). The molecule has 6 nitrogen and oxygen atoms in total. The molecule has 0 radical (unpaired) electrons. The number of nitrogens with zero attached hydrogens (tertiary/aromatic N) is 1. The molecule has 1 atom stereocenters. The average molecular weight is 322 g/mol. The van der Waals surface area contributed by atoms with Crippen molar-refractivity contribution in [3.8, 4) is 0 Å². The van der Waals surface area contributed by atoms with Crippen LogP contribution in [0.15, 0.2) is 30.3 Å². The number of hydrazine groups is 1. The summed E-state index contributed by atoms with van der Waals surface area (Å²) in [5.74, 6) is -1.18. The van der Waals surface area contributed by atoms with E-state index in [0.29, 0.717) is 0 Å². The van der Waals surface area contributed by atoms with E-state index in [1.807, 2.05) is 30.3 Å². The van der Waals surface area contributed by atoms with Gasteiger partial charge in [0.25, 0.3) is 0 Å². The molecule has 2 N–H and O–H groups in total. The van der Waals surface area contributed by atoms with Crippen LogP contribution in [-0.4, -0.2) is 33.8 Å². The number of carbonyl (C=O) groups is 2. The van der Waals surface area contributed by atoms with Crippen LogP contribution < -0.4 is 5.43 Å². The van der Waals surface area contributed by atoms with Gasteiger partial charge < -0.3 is 9.84 Å². The number of aliphatic carboxylic acids is 1. The Morgan fingerprint density at radius 2 is 1.78 bits per heavy atom. The molecule has 23 heavy (non-hydrogen) atoms. The van der Waals surface area contributed by atoms with Crippen LogP contribution in [0.4, 0.5) is 4.79 Å². The summed E-state index contributed by atoms with van der Waals surface area (Å²) in [6.07, 6.45) is -0.666. The van der Waals surface area contributed by atoms with Crippen LogP contribution in [0.1, 0.15) is 40.2 Å². The molecule has 0 aliphatic rings. The number of ether oxygens (including phenoxy) is 1. The highest BCUT2D eigenvalue weighted by atomic mass is 16.6. The van der Waals surface area contributed by atoms with Gasteiger partial charge in [0, 0.05) is 6.54 Å². The molecular weight excluding hydrogens is 296 g/mol. The minimum absolute atomic E-state index is 0.189. The van der Waals surface area contributed by atoms with Crippen LogP contribution in [0.25, 0.3) is 0 Å². The summed E-state index contributed by atoms with van der Waals surface area (Å²) in [6, 6.07) is 8.51. The van der Waals surface area contributed by atoms with Gasteiger partial charge in [-0.3, -0.25) is 10.2 Å². The Morgan fingerprint density at radius 3 is 2.22 bits per heavy atom. The van der Waals surface area contributed by atoms with E-state index in [4.69, 9.17) is 4.74 Å². The number of carbonyl (C=O) groups excluding carboxylic acids is 1. The third-order valence-corrected chi connectivity index (χ3v) is 3.05. The lowest BCUT2D eigenvalue weighted by molar-refractivity contribution is -0.146. The van der Waals surface area contributed by atoms with Crippen molar-refractivity contribution in [2.24, 2.45) is 5.92 Å². The standard InChI is InChI=1S/C17H26N2O4/c1-12(2)14(15(20)21)19(11-13-9-7-6-8-10-13)18-16(22)23-17(3,4)5/h6-10,12,14H,11H2,1-5H3,(H,18,22)(H,20,21)/t14-/m0/s1. The van der Waals surface area contributed by atoms with Crippen LogP contribution >= 0.6 is 0 Å². The molecular formula is C17H26N2O4. The van der Waals surface area contributed by atoms with E-state index in [2.05, 4.69) is 5.43 Å². The van der Waals surface area contributed by atoms with Gasteiger partial charge in [0.2, 0.25) is 0 Å². The monoisotopic (exact) mass is 322 g/mol. The first-order chi connectivity index (χ1) is 10.6. The quantitative estimate of drug-likeness (QED) is 0.787. The summed E-state index contributed by atoms with van der Waals surface area (Å²) in [7, 11) is 0. The lowest BCUT2D eigenvalue weighted by atomic mass is 10.0. The molecule has 0 aromatic heterocycles. The van der Waals surface area contributed by atoms with Crippen LogP contribution in [-0.2, 0) is 16.1 Å². The topological polar surface area (TPSA) is 78.9 Å². The summed E-state index contributed by atoms with van der Waals surface area (Å²) in [5, 5.41) is 10.9. The maximum Gasteiger partial charge on any atom is 0.422 e. The highest BCUT2D eigenvalue weighted by Gasteiger charge is 2.31. The Bertz CT molecular complexity index is 523. The fraction of sp³-hybridized carbons (Fsp3) is 0.529. The summed E-state index contributed by atoms with van der Waals surface area (Å²) in [4.78, 5) is 23.6. The van der Waals surface area contributed by atoms with E-state index >= 15 is 0 Å². The van der Waals surface area contributed by atoms with Crippen molar-refractivity contribution in [1.82, 2.24) is 10.4 Å². The van der Waals surface area contributed by atoms with Gasteiger partial charge >= 0.3 is 12.1 Å². The van der Waals surface area contributed by atoms with Gasteiger partial charge in [-0.25, -0.2) is 4.79 Å². The van der Waals surface area contributed by atoms with Crippen molar-refractivity contribution in [2.45, 2.75) is 52.8 Å². The minimum Gasteiger partial charge on any atom is -0.480 e. The normalized spacial score (nSPS) is 13.0. The summed E-state index contributed by atoms with van der Waals surface area (Å²) >= 11 is 0. The number of carboxylic acid groups (broad SMARTS) is 1. The van der Waals surface area contributed by atoms with E-state index < -0.39 is 23.7 Å². The fourth-order valence-corrected chi connectivity index (χ4v) is 2.18. The van der Waals surface area contributed by atoms with E-state index in [9.17, 15) is 14.7 Å². The Kier molecular flexibility index (Phi) is 6.57. The lowest BCUT2D eigenvalue weighted by Crippen LogP contribution is -2.54. The Hall–Kier alpha value is -2.08. The number of benzene rings is 1. The molecule has 0 bridgehead atoms. The third kappa shape index (κ3) is 6.69. The molecule has 0 fully saturated rings. The number of rotatable bonds is 6. The molecule has 0 aliphatic carbocycles. The van der Waals surface area contributed by atoms with Gasteiger partial charge in [0.05, 0.1) is 0 Å². The number of amides is 1. The zero-order chi connectivity index (χ0) is 17.6. The molecule has 0 heterocycles. The third-order valence-electron chi connectivity index (χ3n) is 3.05. The van der Waals surface area contributed by atoms with E-state index in [-0.39, 0.29) is 12.5 Å². The Labute approximate surface area is 137 Å². The van der Waals surface area contributed by atoms with Gasteiger partial charge in [-0.2, -0.15) is 5.01 Å². The number of hydrogen-bond donors (Lipinski definition) is 2. The second kappa shape index (κ2) is 7.97. The fourth-order valence-electron chi connectivity index (χ4n) is 2.18. The number of carboxylic acids is 1. The highest BCUT2D eigenvalue weighted by molar-refractivity contribution is 5.75. The van der Waals surface area contributed by atoms with E-state index in [1.54, 1.807) is 34.6 Å². The lowest BCUT2D eigenvalue weighted by Gasteiger charge is -2.32. The predicted molar refractivity (Wildman–Crippen MR) is 87.6 cm³/mol. The highest BCUT2D eigenvalue weighted by Crippen LogP contribution is 2.15. The summed E-state index contributed by atoms with van der Waals surface area (Å²) in [6.45, 7) is 9.14. The first-order valence-electron chi connectivity index (χ1n) is 7.63. The van der Waals surface area contributed by atoms with Crippen molar-refractivity contribution in [2.75, 3.05) is 0 Å². The van der Waals surface area contributed by atoms with Crippen LogP contribution in [0.5, 0.6) is 0 Å². The smallest absolute Gasteiger partial charge is 0.422 e. The zero-order valence-electron chi connectivity index (χ0n) is 14.4. The van der Waals surface area contributed by atoms with Crippen LogP contribution in [0, 0.1) is 5.92 Å². The van der Waals surface area contributed by atoms with Crippen LogP contribution in [0.2, 0.25) is 0 Å². The molecule has 6 heteroatoms. The summed E-state index contributed by atoms with van der Waals surface area (Å²) in [5.41, 5.74) is 2.82. The van der Waals surface area contributed by atoms with Crippen molar-refractivity contribution >= 4 is 12.1 Å². The molecule has 128 valence electrons. The van der Waals surface area contributed by atoms with Crippen molar-refractivity contribution in [1.29, 1.82) is 0 Å². The Balaban J connectivity index is 2.96. The summed E-state index contributed by atoms with van der Waals surface area (Å²) < 4.78 is 5.23. The molecule has 0 saturated heterocycles. The first kappa shape index (κ1) is 19.0. The Morgan fingerprint density at radius 1 is 1.22 bits per heavy atom. The van der Waals surface area contributed by atoms with E-state index in [1.165, 1.54) is 5.01 Å². The first-order valence-corrected chi connectivity index (χ1v) is 7.63. The van der Waals surface area contributed by atoms with Crippen molar-refractivity contribution < 1.29 is 19.4 Å². The molecule has 0 aliphatic heterocycles. The van der Waals surface area contributed by atoms with Crippen LogP contribution in [0.3, 0.4) is 0 Å². The van der Waals surface area contributed by atoms with Gasteiger partial charge in [-0.15, -0.1) is 0 Å². The zero-order valence-corrected chi connectivity index (χ0v) is 14.4. The predicted octanol–water partition coefficient (Wildman–Crippen LogP) is 3.04. The molecule has 0 saturated carbocycles. The average Bonchev–Trinajstić information content (AvgIpc) is 2.36. The van der Waals surface area contributed by atoms with Gasteiger partial charge in [-0.1, -0.05) is 44.2 Å². The van der Waals surface area contributed by atoms with Crippen molar-refractivity contribution in [3.63, 3.8) is 0 Å². The molecule has 1 amide bonds. The second-order valence-electron chi connectivity index (χ2n) is 6.75. The maximum atomic E-state index is 12.0. The van der Waals surface area contributed by atoms with Gasteiger partial charge in [0.15, 0.2) is 0 Å². The molecule has 0 spiro atoms. The largest absolute Gasteiger partial charge is 0.480 e.